The average molecular weight is 278 g/mol. The van der Waals surface area contributed by atoms with E-state index in [2.05, 4.69) is 0 Å². The summed E-state index contributed by atoms with van der Waals surface area (Å²) in [7, 11) is -0.0390. The summed E-state index contributed by atoms with van der Waals surface area (Å²) in [6.07, 6.45) is 0.171. The van der Waals surface area contributed by atoms with Gasteiger partial charge in [0.05, 0.1) is 4.90 Å². The van der Waals surface area contributed by atoms with Gasteiger partial charge >= 0.3 is 0 Å². The molecule has 0 fully saturated rings. The van der Waals surface area contributed by atoms with Crippen molar-refractivity contribution in [3.8, 4) is 0 Å². The van der Waals surface area contributed by atoms with Crippen LogP contribution in [0.25, 0.3) is 10.8 Å². The largest absolute Gasteiger partial charge is 0.377 e. The molecule has 19 heavy (non-hydrogen) atoms. The number of anilines is 1. The number of rotatable bonds is 4. The molecule has 0 unspecified atom stereocenters. The molecule has 0 aliphatic rings. The van der Waals surface area contributed by atoms with Crippen molar-refractivity contribution in [1.82, 2.24) is 4.72 Å². The molecule has 0 aliphatic carbocycles. The number of hydrogen-bond donors (Lipinski definition) is 1. The van der Waals surface area contributed by atoms with E-state index in [1.54, 1.807) is 18.2 Å². The van der Waals surface area contributed by atoms with Crippen molar-refractivity contribution < 1.29 is 13.2 Å². The lowest BCUT2D eigenvalue weighted by atomic mass is 10.1. The first-order valence-electron chi connectivity index (χ1n) is 5.62. The van der Waals surface area contributed by atoms with Crippen LogP contribution in [0.4, 0.5) is 5.69 Å². The van der Waals surface area contributed by atoms with Gasteiger partial charge in [-0.05, 0) is 12.1 Å². The maximum absolute atomic E-state index is 12.0. The van der Waals surface area contributed by atoms with Crippen molar-refractivity contribution in [3.63, 3.8) is 0 Å². The molecular weight excluding hydrogens is 264 g/mol. The molecule has 100 valence electrons. The van der Waals surface area contributed by atoms with Crippen LogP contribution < -0.4 is 9.62 Å². The Kier molecular flexibility index (Phi) is 3.44. The first-order chi connectivity index (χ1) is 8.97. The average Bonchev–Trinajstić information content (AvgIpc) is 2.37. The van der Waals surface area contributed by atoms with E-state index in [1.165, 1.54) is 6.07 Å². The van der Waals surface area contributed by atoms with E-state index in [4.69, 9.17) is 0 Å². The van der Waals surface area contributed by atoms with Crippen LogP contribution in [-0.2, 0) is 14.8 Å². The fraction of sp³-hybridized carbons (Fsp3) is 0.154. The number of nitrogens with one attached hydrogen (secondary N) is 1. The van der Waals surface area contributed by atoms with Crippen molar-refractivity contribution in [1.29, 1.82) is 0 Å². The number of benzene rings is 2. The van der Waals surface area contributed by atoms with Gasteiger partial charge in [-0.15, -0.1) is 0 Å². The Morgan fingerprint density at radius 2 is 1.68 bits per heavy atom. The SMILES string of the molecule is CN(C)c1cccc2c(S(=O)(=O)NC=O)cccc12. The molecule has 0 heterocycles. The zero-order valence-corrected chi connectivity index (χ0v) is 11.4. The second-order valence-electron chi connectivity index (χ2n) is 4.26. The fourth-order valence-corrected chi connectivity index (χ4v) is 2.99. The third kappa shape index (κ3) is 2.39. The molecule has 6 heteroatoms. The Morgan fingerprint density at radius 3 is 2.32 bits per heavy atom. The van der Waals surface area contributed by atoms with Crippen LogP contribution >= 0.6 is 0 Å². The Hall–Kier alpha value is -2.08. The molecule has 0 aliphatic heterocycles. The van der Waals surface area contributed by atoms with E-state index in [-0.39, 0.29) is 11.3 Å². The minimum Gasteiger partial charge on any atom is -0.377 e. The highest BCUT2D eigenvalue weighted by molar-refractivity contribution is 7.90. The molecule has 0 radical (unpaired) electrons. The van der Waals surface area contributed by atoms with Gasteiger partial charge in [0, 0.05) is 30.6 Å². The molecule has 0 spiro atoms. The molecule has 2 aromatic rings. The van der Waals surface area contributed by atoms with Crippen molar-refractivity contribution in [2.75, 3.05) is 19.0 Å². The number of nitrogens with zero attached hydrogens (tertiary/aromatic N) is 1. The molecule has 2 rings (SSSR count). The molecule has 2 aromatic carbocycles. The van der Waals surface area contributed by atoms with Gasteiger partial charge in [0.2, 0.25) is 6.41 Å². The second kappa shape index (κ2) is 4.89. The fourth-order valence-electron chi connectivity index (χ4n) is 2.02. The standard InChI is InChI=1S/C13H14N2O3S/c1-15(2)12-7-3-6-11-10(12)5-4-8-13(11)19(17,18)14-9-16/h3-9H,1-2H3,(H,14,16). The van der Waals surface area contributed by atoms with Crippen molar-refractivity contribution >= 4 is 32.9 Å². The maximum atomic E-state index is 12.0. The summed E-state index contributed by atoms with van der Waals surface area (Å²) in [6.45, 7) is 0. The Morgan fingerprint density at radius 1 is 1.05 bits per heavy atom. The Bertz CT molecular complexity index is 724. The molecular formula is C13H14N2O3S. The smallest absolute Gasteiger partial charge is 0.264 e. The Labute approximate surface area is 111 Å². The molecule has 5 nitrogen and oxygen atoms in total. The van der Waals surface area contributed by atoms with E-state index in [0.717, 1.165) is 11.1 Å². The van der Waals surface area contributed by atoms with Crippen LogP contribution in [0.3, 0.4) is 0 Å². The van der Waals surface area contributed by atoms with Gasteiger partial charge < -0.3 is 4.90 Å². The molecule has 0 saturated heterocycles. The number of hydrogen-bond acceptors (Lipinski definition) is 4. The highest BCUT2D eigenvalue weighted by Gasteiger charge is 2.17. The molecule has 0 bridgehead atoms. The van der Waals surface area contributed by atoms with E-state index in [9.17, 15) is 13.2 Å². The molecule has 0 aromatic heterocycles. The van der Waals surface area contributed by atoms with Gasteiger partial charge in [-0.1, -0.05) is 24.3 Å². The predicted molar refractivity (Wildman–Crippen MR) is 74.7 cm³/mol. The lowest BCUT2D eigenvalue weighted by molar-refractivity contribution is -0.108. The summed E-state index contributed by atoms with van der Waals surface area (Å²) >= 11 is 0. The number of amides is 1. The zero-order valence-electron chi connectivity index (χ0n) is 10.6. The summed E-state index contributed by atoms with van der Waals surface area (Å²) in [6, 6.07) is 10.4. The number of sulfonamides is 1. The van der Waals surface area contributed by atoms with Crippen LogP contribution in [0.1, 0.15) is 0 Å². The van der Waals surface area contributed by atoms with Crippen LogP contribution in [0, 0.1) is 0 Å². The second-order valence-corrected chi connectivity index (χ2v) is 5.94. The molecule has 0 atom stereocenters. The molecule has 1 N–H and O–H groups in total. The first-order valence-corrected chi connectivity index (χ1v) is 7.11. The van der Waals surface area contributed by atoms with Gasteiger partial charge in [0.15, 0.2) is 0 Å². The summed E-state index contributed by atoms with van der Waals surface area (Å²) in [4.78, 5) is 12.4. The van der Waals surface area contributed by atoms with Gasteiger partial charge in [-0.3, -0.25) is 9.52 Å². The van der Waals surface area contributed by atoms with Crippen LogP contribution in [0.15, 0.2) is 41.3 Å². The van der Waals surface area contributed by atoms with E-state index < -0.39 is 10.0 Å². The number of carbonyl (C=O) groups excluding carboxylic acids is 1. The van der Waals surface area contributed by atoms with Crippen molar-refractivity contribution in [3.05, 3.63) is 36.4 Å². The monoisotopic (exact) mass is 278 g/mol. The van der Waals surface area contributed by atoms with Crippen LogP contribution in [-0.4, -0.2) is 28.9 Å². The Balaban J connectivity index is 2.79. The van der Waals surface area contributed by atoms with E-state index in [0.29, 0.717) is 5.39 Å². The topological polar surface area (TPSA) is 66.5 Å². The first kappa shape index (κ1) is 13.4. The minimum atomic E-state index is -3.82. The van der Waals surface area contributed by atoms with Crippen LogP contribution in [0.5, 0.6) is 0 Å². The number of fused-ring (bicyclic) bond motifs is 1. The van der Waals surface area contributed by atoms with Gasteiger partial charge in [-0.2, -0.15) is 0 Å². The van der Waals surface area contributed by atoms with E-state index in [1.807, 2.05) is 35.9 Å². The molecule has 0 saturated carbocycles. The third-order valence-corrected chi connectivity index (χ3v) is 4.18. The predicted octanol–water partition coefficient (Wildman–Crippen LogP) is 1.34. The lowest BCUT2D eigenvalue weighted by Crippen LogP contribution is -2.22. The summed E-state index contributed by atoms with van der Waals surface area (Å²) < 4.78 is 25.8. The highest BCUT2D eigenvalue weighted by Crippen LogP contribution is 2.29. The van der Waals surface area contributed by atoms with E-state index >= 15 is 0 Å². The quantitative estimate of drug-likeness (QED) is 0.857. The lowest BCUT2D eigenvalue weighted by Gasteiger charge is -2.16. The van der Waals surface area contributed by atoms with Crippen molar-refractivity contribution in [2.24, 2.45) is 0 Å². The summed E-state index contributed by atoms with van der Waals surface area (Å²) in [5.74, 6) is 0. The maximum Gasteiger partial charge on any atom is 0.264 e. The molecule has 1 amide bonds. The summed E-state index contributed by atoms with van der Waals surface area (Å²) in [5, 5.41) is 1.41. The third-order valence-electron chi connectivity index (χ3n) is 2.83. The van der Waals surface area contributed by atoms with Gasteiger partial charge in [0.1, 0.15) is 0 Å². The van der Waals surface area contributed by atoms with Gasteiger partial charge in [-0.25, -0.2) is 8.42 Å². The van der Waals surface area contributed by atoms with Gasteiger partial charge in [0.25, 0.3) is 10.0 Å². The minimum absolute atomic E-state index is 0.0980. The summed E-state index contributed by atoms with van der Waals surface area (Å²) in [5.41, 5.74) is 0.917. The normalized spacial score (nSPS) is 11.3. The van der Waals surface area contributed by atoms with Crippen molar-refractivity contribution in [2.45, 2.75) is 4.90 Å². The highest BCUT2D eigenvalue weighted by atomic mass is 32.2. The van der Waals surface area contributed by atoms with Crippen LogP contribution in [0.2, 0.25) is 0 Å². The zero-order chi connectivity index (χ0) is 14.0. The number of carbonyl (C=O) groups is 1.